The lowest BCUT2D eigenvalue weighted by Crippen LogP contribution is -2.32. The predicted molar refractivity (Wildman–Crippen MR) is 96.0 cm³/mol. The van der Waals surface area contributed by atoms with E-state index in [0.717, 1.165) is 11.2 Å². The largest absolute Gasteiger partial charge is 0.335 e. The lowest BCUT2D eigenvalue weighted by molar-refractivity contribution is 0.0781. The molecule has 1 atom stereocenters. The fourth-order valence-electron chi connectivity index (χ4n) is 3.55. The van der Waals surface area contributed by atoms with Crippen LogP contribution in [0.2, 0.25) is 0 Å². The normalized spacial score (nSPS) is 17.2. The van der Waals surface area contributed by atoms with Crippen molar-refractivity contribution in [1.29, 1.82) is 0 Å². The van der Waals surface area contributed by atoms with Gasteiger partial charge in [-0.15, -0.1) is 0 Å². The van der Waals surface area contributed by atoms with E-state index in [-0.39, 0.29) is 17.6 Å². The third kappa shape index (κ3) is 2.58. The van der Waals surface area contributed by atoms with Crippen LogP contribution in [0.25, 0.3) is 11.2 Å². The van der Waals surface area contributed by atoms with E-state index in [1.807, 2.05) is 26.0 Å². The van der Waals surface area contributed by atoms with E-state index in [2.05, 4.69) is 15.0 Å². The summed E-state index contributed by atoms with van der Waals surface area (Å²) < 4.78 is 3.45. The van der Waals surface area contributed by atoms with Crippen LogP contribution in [0.1, 0.15) is 35.6 Å². The third-order valence-electron chi connectivity index (χ3n) is 4.85. The first-order valence-electron chi connectivity index (χ1n) is 8.73. The molecule has 4 rings (SSSR count). The molecule has 1 aliphatic rings. The van der Waals surface area contributed by atoms with E-state index in [0.29, 0.717) is 37.4 Å². The van der Waals surface area contributed by atoms with Gasteiger partial charge in [-0.3, -0.25) is 18.9 Å². The average molecular weight is 352 g/mol. The van der Waals surface area contributed by atoms with Crippen LogP contribution >= 0.6 is 0 Å². The number of aryl methyl sites for hydroxylation is 2. The maximum atomic E-state index is 12.9. The molecule has 0 radical (unpaired) electrons. The second kappa shape index (κ2) is 6.36. The molecule has 4 heterocycles. The number of carbonyl (C=O) groups excluding carboxylic acids is 1. The molecular formula is C18H20N6O2. The van der Waals surface area contributed by atoms with Crippen molar-refractivity contribution >= 4 is 17.1 Å². The first-order valence-corrected chi connectivity index (χ1v) is 8.73. The van der Waals surface area contributed by atoms with Crippen LogP contribution in [0.5, 0.6) is 0 Å². The Morgan fingerprint density at radius 3 is 2.85 bits per heavy atom. The zero-order chi connectivity index (χ0) is 18.3. The van der Waals surface area contributed by atoms with Gasteiger partial charge < -0.3 is 4.90 Å². The minimum absolute atomic E-state index is 0.0735. The summed E-state index contributed by atoms with van der Waals surface area (Å²) >= 11 is 0. The van der Waals surface area contributed by atoms with Crippen molar-refractivity contribution in [3.05, 3.63) is 52.6 Å². The number of amides is 1. The Bertz CT molecular complexity index is 1020. The second-order valence-electron chi connectivity index (χ2n) is 6.48. The summed E-state index contributed by atoms with van der Waals surface area (Å²) in [5, 5.41) is 0. The molecule has 0 aliphatic carbocycles. The van der Waals surface area contributed by atoms with Crippen molar-refractivity contribution in [2.24, 2.45) is 0 Å². The summed E-state index contributed by atoms with van der Waals surface area (Å²) in [6.07, 6.45) is 5.49. The topological polar surface area (TPSA) is 85.9 Å². The molecule has 0 aromatic carbocycles. The number of likely N-dealkylation sites (tertiary alicyclic amines) is 1. The van der Waals surface area contributed by atoms with Gasteiger partial charge in [0.1, 0.15) is 5.69 Å². The quantitative estimate of drug-likeness (QED) is 0.711. The average Bonchev–Trinajstić information content (AvgIpc) is 3.23. The number of aromatic nitrogens is 5. The zero-order valence-electron chi connectivity index (χ0n) is 14.8. The van der Waals surface area contributed by atoms with Gasteiger partial charge in [-0.05, 0) is 32.4 Å². The number of hydrogen-bond acceptors (Lipinski definition) is 5. The van der Waals surface area contributed by atoms with E-state index in [4.69, 9.17) is 0 Å². The van der Waals surface area contributed by atoms with Gasteiger partial charge in [-0.1, -0.05) is 0 Å². The summed E-state index contributed by atoms with van der Waals surface area (Å²) in [4.78, 5) is 40.0. The van der Waals surface area contributed by atoms with E-state index in [1.54, 1.807) is 26.4 Å². The molecule has 1 amide bonds. The van der Waals surface area contributed by atoms with Gasteiger partial charge >= 0.3 is 5.69 Å². The van der Waals surface area contributed by atoms with Crippen LogP contribution in [0.15, 0.2) is 35.5 Å². The summed E-state index contributed by atoms with van der Waals surface area (Å²) in [5.41, 5.74) is 2.53. The monoisotopic (exact) mass is 352 g/mol. The molecule has 0 spiro atoms. The molecule has 3 aromatic heterocycles. The van der Waals surface area contributed by atoms with Crippen molar-refractivity contribution in [1.82, 2.24) is 29.0 Å². The highest BCUT2D eigenvalue weighted by Crippen LogP contribution is 2.25. The van der Waals surface area contributed by atoms with Gasteiger partial charge in [0.05, 0.1) is 23.4 Å². The van der Waals surface area contributed by atoms with Crippen LogP contribution in [0.3, 0.4) is 0 Å². The van der Waals surface area contributed by atoms with Crippen molar-refractivity contribution in [2.45, 2.75) is 32.9 Å². The maximum absolute atomic E-state index is 12.9. The van der Waals surface area contributed by atoms with Crippen molar-refractivity contribution in [2.75, 3.05) is 13.1 Å². The molecule has 0 N–H and O–H groups in total. The smallest absolute Gasteiger partial charge is 0.330 e. The lowest BCUT2D eigenvalue weighted by Gasteiger charge is -2.16. The van der Waals surface area contributed by atoms with Gasteiger partial charge in [-0.25, -0.2) is 14.8 Å². The highest BCUT2D eigenvalue weighted by Gasteiger charge is 2.31. The minimum Gasteiger partial charge on any atom is -0.335 e. The van der Waals surface area contributed by atoms with Crippen LogP contribution < -0.4 is 5.69 Å². The lowest BCUT2D eigenvalue weighted by atomic mass is 10.2. The fourth-order valence-corrected chi connectivity index (χ4v) is 3.55. The molecule has 1 fully saturated rings. The molecule has 134 valence electrons. The van der Waals surface area contributed by atoms with Gasteiger partial charge in [0.15, 0.2) is 5.65 Å². The Labute approximate surface area is 150 Å². The van der Waals surface area contributed by atoms with E-state index >= 15 is 0 Å². The van der Waals surface area contributed by atoms with Crippen LogP contribution in [-0.4, -0.2) is 48.0 Å². The molecule has 1 saturated heterocycles. The van der Waals surface area contributed by atoms with E-state index in [9.17, 15) is 9.59 Å². The molecule has 3 aromatic rings. The molecule has 0 unspecified atom stereocenters. The Balaban J connectivity index is 1.64. The molecule has 8 heteroatoms. The highest BCUT2D eigenvalue weighted by molar-refractivity contribution is 5.92. The highest BCUT2D eigenvalue weighted by atomic mass is 16.2. The number of carbonyl (C=O) groups is 1. The third-order valence-corrected chi connectivity index (χ3v) is 4.85. The number of hydrogen-bond donors (Lipinski definition) is 0. The Kier molecular flexibility index (Phi) is 4.02. The van der Waals surface area contributed by atoms with Gasteiger partial charge in [0.2, 0.25) is 0 Å². The first-order chi connectivity index (χ1) is 12.6. The number of pyridine rings is 1. The number of rotatable bonds is 3. The summed E-state index contributed by atoms with van der Waals surface area (Å²) in [6.45, 7) is 5.40. The SMILES string of the molecule is CCn1c(=O)n([C@@H]2CCN(C(=O)c3cnc(C)cn3)C2)c2ncccc21. The van der Waals surface area contributed by atoms with Crippen LogP contribution in [0.4, 0.5) is 0 Å². The number of nitrogens with zero attached hydrogens (tertiary/aromatic N) is 6. The number of fused-ring (bicyclic) bond motifs is 1. The fraction of sp³-hybridized carbons (Fsp3) is 0.389. The summed E-state index contributed by atoms with van der Waals surface area (Å²) in [7, 11) is 0. The second-order valence-corrected chi connectivity index (χ2v) is 6.48. The van der Waals surface area contributed by atoms with Gasteiger partial charge in [0.25, 0.3) is 5.91 Å². The molecule has 0 saturated carbocycles. The molecule has 8 nitrogen and oxygen atoms in total. The van der Waals surface area contributed by atoms with E-state index < -0.39 is 0 Å². The van der Waals surface area contributed by atoms with Crippen molar-refractivity contribution < 1.29 is 4.79 Å². The standard InChI is InChI=1S/C18H20N6O2/c1-3-23-15-5-4-7-19-16(15)24(18(23)26)13-6-8-22(11-13)17(25)14-10-20-12(2)9-21-14/h4-5,7,9-10,13H,3,6,8,11H2,1-2H3/t13-/m1/s1. The Morgan fingerprint density at radius 2 is 2.12 bits per heavy atom. The summed E-state index contributed by atoms with van der Waals surface area (Å²) in [6, 6.07) is 3.65. The Hall–Kier alpha value is -3.03. The first kappa shape index (κ1) is 16.4. The maximum Gasteiger partial charge on any atom is 0.330 e. The predicted octanol–water partition coefficient (Wildman–Crippen LogP) is 1.40. The Morgan fingerprint density at radius 1 is 1.27 bits per heavy atom. The summed E-state index contributed by atoms with van der Waals surface area (Å²) in [5.74, 6) is -0.153. The van der Waals surface area contributed by atoms with E-state index in [1.165, 1.54) is 6.20 Å². The minimum atomic E-state index is -0.153. The molecule has 1 aliphatic heterocycles. The molecule has 26 heavy (non-hydrogen) atoms. The molecule has 0 bridgehead atoms. The van der Waals surface area contributed by atoms with Gasteiger partial charge in [-0.2, -0.15) is 0 Å². The number of imidazole rings is 1. The molecular weight excluding hydrogens is 332 g/mol. The van der Waals surface area contributed by atoms with Crippen molar-refractivity contribution in [3.63, 3.8) is 0 Å². The van der Waals surface area contributed by atoms with Crippen molar-refractivity contribution in [3.8, 4) is 0 Å². The van der Waals surface area contributed by atoms with Crippen LogP contribution in [0, 0.1) is 6.92 Å². The van der Waals surface area contributed by atoms with Crippen LogP contribution in [-0.2, 0) is 6.54 Å². The zero-order valence-corrected chi connectivity index (χ0v) is 14.8. The van der Waals surface area contributed by atoms with Gasteiger partial charge in [0, 0.05) is 32.0 Å².